The lowest BCUT2D eigenvalue weighted by Crippen LogP contribution is -2.24. The molecule has 4 nitrogen and oxygen atoms in total. The maximum Gasteiger partial charge on any atom is 0.180 e. The van der Waals surface area contributed by atoms with Gasteiger partial charge in [-0.3, -0.25) is 0 Å². The predicted molar refractivity (Wildman–Crippen MR) is 74.3 cm³/mol. The molecule has 0 saturated heterocycles. The molecule has 1 aromatic heterocycles. The summed E-state index contributed by atoms with van der Waals surface area (Å²) in [6.07, 6.45) is -0.510. The Morgan fingerprint density at radius 3 is 2.72 bits per heavy atom. The highest BCUT2D eigenvalue weighted by atomic mass is 32.1. The van der Waals surface area contributed by atoms with Crippen molar-refractivity contribution in [1.82, 2.24) is 10.3 Å². The monoisotopic (exact) mass is 263 g/mol. The Balaban J connectivity index is 1.88. The van der Waals surface area contributed by atoms with Crippen LogP contribution in [0.3, 0.4) is 0 Å². The number of nitrogens with zero attached hydrogens (tertiary/aromatic N) is 1. The van der Waals surface area contributed by atoms with Gasteiger partial charge in [0.2, 0.25) is 0 Å². The van der Waals surface area contributed by atoms with Gasteiger partial charge in [-0.25, -0.2) is 4.98 Å². The number of aromatic nitrogens is 1. The van der Waals surface area contributed by atoms with Crippen molar-refractivity contribution in [1.29, 1.82) is 0 Å². The van der Waals surface area contributed by atoms with Crippen LogP contribution in [-0.2, 0) is 0 Å². The van der Waals surface area contributed by atoms with Crippen molar-refractivity contribution >= 4 is 16.5 Å². The quantitative estimate of drug-likeness (QED) is 0.772. The summed E-state index contributed by atoms with van der Waals surface area (Å²) in [7, 11) is 0. The molecule has 0 radical (unpaired) electrons. The SMILES string of the molecule is CC(NC[C@H](O)c1ccccc1)c1csc(N)n1. The smallest absolute Gasteiger partial charge is 0.180 e. The van der Waals surface area contributed by atoms with Gasteiger partial charge in [-0.2, -0.15) is 0 Å². The lowest BCUT2D eigenvalue weighted by atomic mass is 10.1. The average molecular weight is 263 g/mol. The molecule has 0 bridgehead atoms. The second kappa shape index (κ2) is 5.95. The van der Waals surface area contributed by atoms with E-state index in [0.29, 0.717) is 11.7 Å². The standard InChI is InChI=1S/C13H17N3OS/c1-9(11-8-18-13(14)16-11)15-7-12(17)10-5-3-2-4-6-10/h2-6,8-9,12,15,17H,7H2,1H3,(H2,14,16)/t9?,12-/m0/s1. The van der Waals surface area contributed by atoms with Crippen LogP contribution in [0.1, 0.15) is 30.3 Å². The molecule has 0 spiro atoms. The molecule has 0 aliphatic heterocycles. The van der Waals surface area contributed by atoms with E-state index in [0.717, 1.165) is 11.3 Å². The summed E-state index contributed by atoms with van der Waals surface area (Å²) in [5.41, 5.74) is 7.42. The van der Waals surface area contributed by atoms with Gasteiger partial charge >= 0.3 is 0 Å². The normalized spacial score (nSPS) is 14.3. The minimum Gasteiger partial charge on any atom is -0.387 e. The fourth-order valence-electron chi connectivity index (χ4n) is 1.69. The summed E-state index contributed by atoms with van der Waals surface area (Å²) in [4.78, 5) is 4.21. The van der Waals surface area contributed by atoms with Crippen LogP contribution in [0, 0.1) is 0 Å². The van der Waals surface area contributed by atoms with E-state index >= 15 is 0 Å². The predicted octanol–water partition coefficient (Wildman–Crippen LogP) is 2.11. The Morgan fingerprint density at radius 2 is 2.11 bits per heavy atom. The largest absolute Gasteiger partial charge is 0.387 e. The number of nitrogens with two attached hydrogens (primary N) is 1. The van der Waals surface area contributed by atoms with E-state index in [4.69, 9.17) is 5.73 Å². The zero-order valence-corrected chi connectivity index (χ0v) is 11.0. The third kappa shape index (κ3) is 3.29. The topological polar surface area (TPSA) is 71.2 Å². The molecule has 96 valence electrons. The maximum atomic E-state index is 10.0. The van der Waals surface area contributed by atoms with Crippen molar-refractivity contribution in [2.24, 2.45) is 0 Å². The number of anilines is 1. The van der Waals surface area contributed by atoms with Crippen molar-refractivity contribution < 1.29 is 5.11 Å². The molecule has 1 unspecified atom stereocenters. The third-order valence-corrected chi connectivity index (χ3v) is 3.48. The molecule has 2 aromatic rings. The number of nitrogens with one attached hydrogen (secondary N) is 1. The number of aliphatic hydroxyl groups is 1. The first kappa shape index (κ1) is 13.0. The van der Waals surface area contributed by atoms with E-state index in [1.165, 1.54) is 11.3 Å². The Kier molecular flexibility index (Phi) is 4.30. The van der Waals surface area contributed by atoms with Crippen LogP contribution >= 0.6 is 11.3 Å². The number of hydrogen-bond acceptors (Lipinski definition) is 5. The molecule has 2 atom stereocenters. The molecule has 0 amide bonds. The summed E-state index contributed by atoms with van der Waals surface area (Å²) in [6.45, 7) is 2.49. The van der Waals surface area contributed by atoms with Gasteiger partial charge in [-0.1, -0.05) is 30.3 Å². The second-order valence-electron chi connectivity index (χ2n) is 4.17. The van der Waals surface area contributed by atoms with Crippen LogP contribution in [0.15, 0.2) is 35.7 Å². The van der Waals surface area contributed by atoms with Crippen molar-refractivity contribution in [2.75, 3.05) is 12.3 Å². The number of thiazole rings is 1. The van der Waals surface area contributed by atoms with Gasteiger partial charge in [-0.15, -0.1) is 11.3 Å². The number of aliphatic hydroxyl groups excluding tert-OH is 1. The van der Waals surface area contributed by atoms with Crippen LogP contribution in [0.25, 0.3) is 0 Å². The van der Waals surface area contributed by atoms with Crippen molar-refractivity contribution in [3.8, 4) is 0 Å². The zero-order valence-electron chi connectivity index (χ0n) is 10.2. The van der Waals surface area contributed by atoms with E-state index in [1.54, 1.807) is 0 Å². The number of nitrogen functional groups attached to an aromatic ring is 1. The van der Waals surface area contributed by atoms with Crippen LogP contribution in [0.4, 0.5) is 5.13 Å². The van der Waals surface area contributed by atoms with Gasteiger partial charge in [0.25, 0.3) is 0 Å². The first-order valence-corrected chi connectivity index (χ1v) is 6.72. The minimum atomic E-state index is -0.510. The summed E-state index contributed by atoms with van der Waals surface area (Å²) in [5, 5.41) is 15.8. The van der Waals surface area contributed by atoms with Crippen LogP contribution in [0.5, 0.6) is 0 Å². The lowest BCUT2D eigenvalue weighted by Gasteiger charge is -2.16. The van der Waals surface area contributed by atoms with E-state index in [2.05, 4.69) is 10.3 Å². The summed E-state index contributed by atoms with van der Waals surface area (Å²) < 4.78 is 0. The molecule has 0 aliphatic rings. The summed E-state index contributed by atoms with van der Waals surface area (Å²) in [5.74, 6) is 0. The van der Waals surface area contributed by atoms with Gasteiger partial charge in [0.05, 0.1) is 11.8 Å². The van der Waals surface area contributed by atoms with Crippen molar-refractivity contribution in [3.63, 3.8) is 0 Å². The molecule has 4 N–H and O–H groups in total. The molecule has 0 fully saturated rings. The first-order chi connectivity index (χ1) is 8.66. The summed E-state index contributed by atoms with van der Waals surface area (Å²) in [6, 6.07) is 9.68. The maximum absolute atomic E-state index is 10.0. The average Bonchev–Trinajstić information content (AvgIpc) is 2.83. The van der Waals surface area contributed by atoms with E-state index in [1.807, 2.05) is 42.6 Å². The van der Waals surface area contributed by atoms with Gasteiger partial charge in [0, 0.05) is 18.0 Å². The molecule has 0 saturated carbocycles. The van der Waals surface area contributed by atoms with E-state index in [-0.39, 0.29) is 6.04 Å². The highest BCUT2D eigenvalue weighted by Crippen LogP contribution is 2.18. The fourth-order valence-corrected chi connectivity index (χ4v) is 2.34. The molecule has 5 heteroatoms. The molecule has 18 heavy (non-hydrogen) atoms. The Labute approximate surface area is 110 Å². The van der Waals surface area contributed by atoms with E-state index < -0.39 is 6.10 Å². The van der Waals surface area contributed by atoms with Crippen LogP contribution in [-0.4, -0.2) is 16.6 Å². The zero-order chi connectivity index (χ0) is 13.0. The second-order valence-corrected chi connectivity index (χ2v) is 5.06. The highest BCUT2D eigenvalue weighted by Gasteiger charge is 2.12. The number of benzene rings is 1. The Morgan fingerprint density at radius 1 is 1.39 bits per heavy atom. The van der Waals surface area contributed by atoms with Crippen molar-refractivity contribution in [3.05, 3.63) is 47.0 Å². The number of rotatable bonds is 5. The lowest BCUT2D eigenvalue weighted by molar-refractivity contribution is 0.170. The van der Waals surface area contributed by atoms with Gasteiger partial charge in [-0.05, 0) is 12.5 Å². The number of hydrogen-bond donors (Lipinski definition) is 3. The Hall–Kier alpha value is -1.43. The molecule has 1 heterocycles. The van der Waals surface area contributed by atoms with Crippen LogP contribution in [0.2, 0.25) is 0 Å². The van der Waals surface area contributed by atoms with Gasteiger partial charge in [0.1, 0.15) is 0 Å². The summed E-state index contributed by atoms with van der Waals surface area (Å²) >= 11 is 1.43. The third-order valence-electron chi connectivity index (χ3n) is 2.79. The molecule has 0 aliphatic carbocycles. The van der Waals surface area contributed by atoms with Gasteiger partial charge in [0.15, 0.2) is 5.13 Å². The molecule has 1 aromatic carbocycles. The fraction of sp³-hybridized carbons (Fsp3) is 0.308. The molecular formula is C13H17N3OS. The van der Waals surface area contributed by atoms with E-state index in [9.17, 15) is 5.11 Å². The van der Waals surface area contributed by atoms with Crippen molar-refractivity contribution in [2.45, 2.75) is 19.1 Å². The molecule has 2 rings (SSSR count). The highest BCUT2D eigenvalue weighted by molar-refractivity contribution is 7.13. The molecular weight excluding hydrogens is 246 g/mol. The minimum absolute atomic E-state index is 0.0805. The van der Waals surface area contributed by atoms with Crippen LogP contribution < -0.4 is 11.1 Å². The first-order valence-electron chi connectivity index (χ1n) is 5.84. The van der Waals surface area contributed by atoms with Gasteiger partial charge < -0.3 is 16.2 Å². The Bertz CT molecular complexity index is 486.